The van der Waals surface area contributed by atoms with Crippen molar-refractivity contribution < 1.29 is 14.7 Å². The van der Waals surface area contributed by atoms with Gasteiger partial charge in [-0.1, -0.05) is 0 Å². The zero-order chi connectivity index (χ0) is 14.8. The van der Waals surface area contributed by atoms with Crippen LogP contribution in [0.15, 0.2) is 24.4 Å². The standard InChI is InChI=1S/C15H17N3O3/c19-13(20)6-5-10-3-1-7-16-14(10)18-8-2-4-11-12(18)9-17-15(11)21/h1,3,5-7,11-12H,2,4,8-9H2,(H,17,21)(H,19,20)/b6-5+. The fraction of sp³-hybridized carbons (Fsp3) is 0.400. The van der Waals surface area contributed by atoms with E-state index in [1.807, 2.05) is 6.07 Å². The number of piperidine rings is 1. The van der Waals surface area contributed by atoms with E-state index in [1.165, 1.54) is 0 Å². The van der Waals surface area contributed by atoms with Crippen LogP contribution in [0.4, 0.5) is 5.82 Å². The highest BCUT2D eigenvalue weighted by Gasteiger charge is 2.41. The average Bonchev–Trinajstić information content (AvgIpc) is 2.87. The van der Waals surface area contributed by atoms with Crippen molar-refractivity contribution in [2.24, 2.45) is 5.92 Å². The largest absolute Gasteiger partial charge is 0.478 e. The van der Waals surface area contributed by atoms with Gasteiger partial charge in [-0.3, -0.25) is 4.79 Å². The Morgan fingerprint density at radius 3 is 3.19 bits per heavy atom. The van der Waals surface area contributed by atoms with E-state index >= 15 is 0 Å². The molecule has 6 heteroatoms. The first-order valence-corrected chi connectivity index (χ1v) is 7.07. The second kappa shape index (κ2) is 5.55. The smallest absolute Gasteiger partial charge is 0.328 e. The van der Waals surface area contributed by atoms with Crippen LogP contribution in [0.5, 0.6) is 0 Å². The van der Waals surface area contributed by atoms with Gasteiger partial charge in [0.05, 0.1) is 12.0 Å². The molecule has 21 heavy (non-hydrogen) atoms. The summed E-state index contributed by atoms with van der Waals surface area (Å²) in [5.74, 6) is -0.111. The number of aromatic nitrogens is 1. The number of amides is 1. The van der Waals surface area contributed by atoms with E-state index in [0.29, 0.717) is 6.54 Å². The summed E-state index contributed by atoms with van der Waals surface area (Å²) in [6.45, 7) is 1.46. The van der Waals surface area contributed by atoms with Gasteiger partial charge in [-0.25, -0.2) is 9.78 Å². The number of aliphatic carboxylic acids is 1. The van der Waals surface area contributed by atoms with Gasteiger partial charge < -0.3 is 15.3 Å². The Morgan fingerprint density at radius 1 is 1.52 bits per heavy atom. The molecule has 0 aliphatic carbocycles. The van der Waals surface area contributed by atoms with Crippen molar-refractivity contribution >= 4 is 23.8 Å². The molecule has 2 fully saturated rings. The van der Waals surface area contributed by atoms with Crippen molar-refractivity contribution in [1.29, 1.82) is 0 Å². The number of anilines is 1. The highest BCUT2D eigenvalue weighted by Crippen LogP contribution is 2.32. The van der Waals surface area contributed by atoms with Gasteiger partial charge in [-0.05, 0) is 31.1 Å². The fourth-order valence-corrected chi connectivity index (χ4v) is 3.16. The molecular weight excluding hydrogens is 270 g/mol. The van der Waals surface area contributed by atoms with Crippen LogP contribution in [0.2, 0.25) is 0 Å². The van der Waals surface area contributed by atoms with Gasteiger partial charge in [0.25, 0.3) is 0 Å². The summed E-state index contributed by atoms with van der Waals surface area (Å²) >= 11 is 0. The summed E-state index contributed by atoms with van der Waals surface area (Å²) in [7, 11) is 0. The summed E-state index contributed by atoms with van der Waals surface area (Å²) in [5, 5.41) is 11.7. The van der Waals surface area contributed by atoms with Crippen molar-refractivity contribution in [3.8, 4) is 0 Å². The molecule has 1 aromatic rings. The number of carboxylic acids is 1. The van der Waals surface area contributed by atoms with Crippen molar-refractivity contribution in [2.75, 3.05) is 18.0 Å². The summed E-state index contributed by atoms with van der Waals surface area (Å²) in [6.07, 6.45) is 6.20. The normalized spacial score (nSPS) is 25.0. The van der Waals surface area contributed by atoms with Gasteiger partial charge in [-0.2, -0.15) is 0 Å². The Balaban J connectivity index is 1.92. The molecule has 0 bridgehead atoms. The molecule has 3 heterocycles. The molecule has 2 aliphatic rings. The Morgan fingerprint density at radius 2 is 2.38 bits per heavy atom. The number of rotatable bonds is 3. The van der Waals surface area contributed by atoms with Crippen LogP contribution < -0.4 is 10.2 Å². The third-order valence-electron chi connectivity index (χ3n) is 4.10. The van der Waals surface area contributed by atoms with Crippen LogP contribution in [0, 0.1) is 5.92 Å². The quantitative estimate of drug-likeness (QED) is 0.807. The molecule has 0 radical (unpaired) electrons. The third kappa shape index (κ3) is 2.61. The zero-order valence-electron chi connectivity index (χ0n) is 11.5. The highest BCUT2D eigenvalue weighted by atomic mass is 16.4. The van der Waals surface area contributed by atoms with E-state index in [2.05, 4.69) is 15.2 Å². The summed E-state index contributed by atoms with van der Waals surface area (Å²) < 4.78 is 0. The molecule has 2 unspecified atom stereocenters. The number of nitrogens with zero attached hydrogens (tertiary/aromatic N) is 2. The van der Waals surface area contributed by atoms with E-state index in [-0.39, 0.29) is 17.9 Å². The maximum Gasteiger partial charge on any atom is 0.328 e. The lowest BCUT2D eigenvalue weighted by Gasteiger charge is -2.37. The van der Waals surface area contributed by atoms with E-state index < -0.39 is 5.97 Å². The van der Waals surface area contributed by atoms with Gasteiger partial charge in [0.2, 0.25) is 5.91 Å². The number of pyridine rings is 1. The molecule has 1 amide bonds. The Hall–Kier alpha value is -2.37. The van der Waals surface area contributed by atoms with Gasteiger partial charge in [0.15, 0.2) is 0 Å². The van der Waals surface area contributed by atoms with Crippen molar-refractivity contribution in [3.05, 3.63) is 30.0 Å². The van der Waals surface area contributed by atoms with Gasteiger partial charge in [0, 0.05) is 30.9 Å². The summed E-state index contributed by atoms with van der Waals surface area (Å²) in [5.41, 5.74) is 0.764. The molecule has 0 spiro atoms. The molecule has 0 saturated carbocycles. The maximum atomic E-state index is 11.8. The molecule has 2 aliphatic heterocycles. The number of carboxylic acid groups (broad SMARTS) is 1. The molecule has 6 nitrogen and oxygen atoms in total. The number of nitrogens with one attached hydrogen (secondary N) is 1. The minimum atomic E-state index is -0.987. The van der Waals surface area contributed by atoms with Crippen molar-refractivity contribution in [1.82, 2.24) is 10.3 Å². The number of carbonyl (C=O) groups is 2. The molecule has 0 aromatic carbocycles. The van der Waals surface area contributed by atoms with E-state index in [1.54, 1.807) is 18.3 Å². The Kier molecular flexibility index (Phi) is 3.60. The summed E-state index contributed by atoms with van der Waals surface area (Å²) in [4.78, 5) is 29.1. The van der Waals surface area contributed by atoms with Crippen LogP contribution in [-0.2, 0) is 9.59 Å². The van der Waals surface area contributed by atoms with Crippen LogP contribution in [0.3, 0.4) is 0 Å². The molecule has 1 aromatic heterocycles. The zero-order valence-corrected chi connectivity index (χ0v) is 11.5. The second-order valence-corrected chi connectivity index (χ2v) is 5.34. The number of fused-ring (bicyclic) bond motifs is 1. The summed E-state index contributed by atoms with van der Waals surface area (Å²) in [6, 6.07) is 3.73. The van der Waals surface area contributed by atoms with Crippen LogP contribution in [-0.4, -0.2) is 41.1 Å². The van der Waals surface area contributed by atoms with Crippen molar-refractivity contribution in [2.45, 2.75) is 18.9 Å². The lowest BCUT2D eigenvalue weighted by Crippen LogP contribution is -2.46. The number of hydrogen-bond donors (Lipinski definition) is 2. The molecule has 2 saturated heterocycles. The lowest BCUT2D eigenvalue weighted by atomic mass is 9.91. The molecule has 2 atom stereocenters. The first-order chi connectivity index (χ1) is 10.2. The van der Waals surface area contributed by atoms with Crippen LogP contribution in [0.1, 0.15) is 18.4 Å². The number of hydrogen-bond acceptors (Lipinski definition) is 4. The molecular formula is C15H17N3O3. The minimum Gasteiger partial charge on any atom is -0.478 e. The highest BCUT2D eigenvalue weighted by molar-refractivity contribution is 5.87. The van der Waals surface area contributed by atoms with E-state index in [9.17, 15) is 9.59 Å². The van der Waals surface area contributed by atoms with Crippen molar-refractivity contribution in [3.63, 3.8) is 0 Å². The SMILES string of the molecule is O=C(O)/C=C/c1cccnc1N1CCCC2C(=O)NCC21. The fourth-order valence-electron chi connectivity index (χ4n) is 3.16. The predicted molar refractivity (Wildman–Crippen MR) is 77.8 cm³/mol. The topological polar surface area (TPSA) is 82.5 Å². The predicted octanol–water partition coefficient (Wildman–Crippen LogP) is 0.894. The molecule has 110 valence electrons. The monoisotopic (exact) mass is 287 g/mol. The molecule has 2 N–H and O–H groups in total. The lowest BCUT2D eigenvalue weighted by molar-refractivity contribution is -0.131. The van der Waals surface area contributed by atoms with Crippen LogP contribution >= 0.6 is 0 Å². The average molecular weight is 287 g/mol. The first kappa shape index (κ1) is 13.6. The van der Waals surface area contributed by atoms with Gasteiger partial charge >= 0.3 is 5.97 Å². The van der Waals surface area contributed by atoms with Gasteiger partial charge in [-0.15, -0.1) is 0 Å². The van der Waals surface area contributed by atoms with Gasteiger partial charge in [0.1, 0.15) is 5.82 Å². The molecule has 3 rings (SSSR count). The maximum absolute atomic E-state index is 11.8. The minimum absolute atomic E-state index is 0.0112. The Labute approximate surface area is 122 Å². The Bertz CT molecular complexity index is 600. The van der Waals surface area contributed by atoms with Crippen LogP contribution in [0.25, 0.3) is 6.08 Å². The third-order valence-corrected chi connectivity index (χ3v) is 4.10. The first-order valence-electron chi connectivity index (χ1n) is 7.07. The second-order valence-electron chi connectivity index (χ2n) is 5.34. The van der Waals surface area contributed by atoms with E-state index in [4.69, 9.17) is 5.11 Å². The van der Waals surface area contributed by atoms with E-state index in [0.717, 1.165) is 36.8 Å². The number of carbonyl (C=O) groups excluding carboxylic acids is 1.